The van der Waals surface area contributed by atoms with Crippen molar-refractivity contribution < 1.29 is 4.79 Å². The van der Waals surface area contributed by atoms with Crippen molar-refractivity contribution in [2.24, 2.45) is 0 Å². The molecule has 0 bridgehead atoms. The van der Waals surface area contributed by atoms with E-state index in [-0.39, 0.29) is 5.91 Å². The molecule has 1 fully saturated rings. The van der Waals surface area contributed by atoms with E-state index in [2.05, 4.69) is 5.32 Å². The number of likely N-dealkylation sites (tertiary alicyclic amines) is 1. The first-order valence-electron chi connectivity index (χ1n) is 6.99. The van der Waals surface area contributed by atoms with Crippen LogP contribution in [-0.4, -0.2) is 37.0 Å². The average Bonchev–Trinajstić information content (AvgIpc) is 2.48. The summed E-state index contributed by atoms with van der Waals surface area (Å²) in [4.78, 5) is 14.2. The zero-order chi connectivity index (χ0) is 14.5. The maximum Gasteiger partial charge on any atom is 0.222 e. The van der Waals surface area contributed by atoms with Gasteiger partial charge in [0.05, 0.1) is 10.0 Å². The van der Waals surface area contributed by atoms with Crippen LogP contribution in [0.4, 0.5) is 0 Å². The molecule has 3 nitrogen and oxygen atoms in total. The highest BCUT2D eigenvalue weighted by molar-refractivity contribution is 6.42. The first-order chi connectivity index (χ1) is 9.61. The zero-order valence-corrected chi connectivity index (χ0v) is 13.2. The summed E-state index contributed by atoms with van der Waals surface area (Å²) in [5.41, 5.74) is 0.940. The number of carbonyl (C=O) groups excluding carboxylic acids is 1. The maximum absolute atomic E-state index is 12.3. The minimum absolute atomic E-state index is 0.195. The molecule has 1 aromatic rings. The van der Waals surface area contributed by atoms with Gasteiger partial charge < -0.3 is 10.2 Å². The molecule has 1 aromatic carbocycles. The van der Waals surface area contributed by atoms with Crippen LogP contribution in [0.1, 0.15) is 24.8 Å². The third-order valence-electron chi connectivity index (χ3n) is 3.82. The number of rotatable bonds is 4. The van der Waals surface area contributed by atoms with Crippen molar-refractivity contribution in [2.75, 3.05) is 20.1 Å². The van der Waals surface area contributed by atoms with Gasteiger partial charge in [-0.1, -0.05) is 35.3 Å². The molecule has 1 aliphatic heterocycles. The van der Waals surface area contributed by atoms with E-state index in [1.165, 1.54) is 0 Å². The fourth-order valence-corrected chi connectivity index (χ4v) is 3.00. The van der Waals surface area contributed by atoms with E-state index in [0.717, 1.165) is 31.5 Å². The van der Waals surface area contributed by atoms with Crippen molar-refractivity contribution in [2.45, 2.75) is 31.7 Å². The lowest BCUT2D eigenvalue weighted by Gasteiger charge is -2.32. The van der Waals surface area contributed by atoms with Crippen LogP contribution < -0.4 is 5.32 Å². The Morgan fingerprint density at radius 1 is 1.45 bits per heavy atom. The Morgan fingerprint density at radius 3 is 3.00 bits per heavy atom. The summed E-state index contributed by atoms with van der Waals surface area (Å²) in [5.74, 6) is 0.195. The number of nitrogens with zero attached hydrogens (tertiary/aromatic N) is 1. The van der Waals surface area contributed by atoms with Crippen molar-refractivity contribution >= 4 is 29.1 Å². The zero-order valence-electron chi connectivity index (χ0n) is 11.7. The third kappa shape index (κ3) is 3.87. The Balaban J connectivity index is 1.90. The van der Waals surface area contributed by atoms with E-state index in [9.17, 15) is 4.79 Å². The number of hydrogen-bond acceptors (Lipinski definition) is 2. The number of hydrogen-bond donors (Lipinski definition) is 1. The minimum Gasteiger partial charge on any atom is -0.341 e. The number of nitrogens with one attached hydrogen (secondary N) is 1. The van der Waals surface area contributed by atoms with Gasteiger partial charge in [0.15, 0.2) is 0 Å². The van der Waals surface area contributed by atoms with Gasteiger partial charge in [0.25, 0.3) is 0 Å². The van der Waals surface area contributed by atoms with E-state index >= 15 is 0 Å². The molecule has 110 valence electrons. The number of carbonyl (C=O) groups is 1. The van der Waals surface area contributed by atoms with Crippen LogP contribution >= 0.6 is 23.2 Å². The minimum atomic E-state index is 0.195. The van der Waals surface area contributed by atoms with Crippen molar-refractivity contribution in [3.63, 3.8) is 0 Å². The summed E-state index contributed by atoms with van der Waals surface area (Å²) in [6, 6.07) is 5.97. The van der Waals surface area contributed by atoms with Crippen molar-refractivity contribution in [1.82, 2.24) is 10.2 Å². The molecular weight excluding hydrogens is 295 g/mol. The quantitative estimate of drug-likeness (QED) is 0.926. The number of piperidine rings is 1. The highest BCUT2D eigenvalue weighted by atomic mass is 35.5. The van der Waals surface area contributed by atoms with E-state index in [1.807, 2.05) is 24.1 Å². The largest absolute Gasteiger partial charge is 0.341 e. The number of benzene rings is 1. The molecule has 1 N–H and O–H groups in total. The molecule has 20 heavy (non-hydrogen) atoms. The maximum atomic E-state index is 12.3. The van der Waals surface area contributed by atoms with Crippen LogP contribution in [0.15, 0.2) is 18.2 Å². The molecule has 0 spiro atoms. The van der Waals surface area contributed by atoms with Crippen LogP contribution in [0.2, 0.25) is 10.0 Å². The lowest BCUT2D eigenvalue weighted by atomic mass is 10.0. The third-order valence-corrected chi connectivity index (χ3v) is 4.68. The van der Waals surface area contributed by atoms with E-state index in [0.29, 0.717) is 28.9 Å². The topological polar surface area (TPSA) is 32.3 Å². The Bertz CT molecular complexity index is 479. The smallest absolute Gasteiger partial charge is 0.222 e. The average molecular weight is 315 g/mol. The van der Waals surface area contributed by atoms with E-state index in [1.54, 1.807) is 6.07 Å². The predicted octanol–water partition coefficient (Wildman–Crippen LogP) is 3.14. The van der Waals surface area contributed by atoms with Gasteiger partial charge in [-0.2, -0.15) is 0 Å². The summed E-state index contributed by atoms with van der Waals surface area (Å²) in [7, 11) is 1.95. The number of amides is 1. The van der Waals surface area contributed by atoms with Gasteiger partial charge in [0.2, 0.25) is 5.91 Å². The second kappa shape index (κ2) is 7.30. The van der Waals surface area contributed by atoms with Crippen LogP contribution in [0.25, 0.3) is 0 Å². The summed E-state index contributed by atoms with van der Waals surface area (Å²) in [5, 5.41) is 4.36. The normalized spacial score (nSPS) is 19.1. The Kier molecular flexibility index (Phi) is 5.70. The van der Waals surface area contributed by atoms with Gasteiger partial charge in [0, 0.05) is 25.6 Å². The van der Waals surface area contributed by atoms with Gasteiger partial charge in [-0.05, 0) is 37.9 Å². The van der Waals surface area contributed by atoms with Crippen molar-refractivity contribution in [1.29, 1.82) is 0 Å². The van der Waals surface area contributed by atoms with Gasteiger partial charge in [0.1, 0.15) is 0 Å². The molecule has 5 heteroatoms. The monoisotopic (exact) mass is 314 g/mol. The van der Waals surface area contributed by atoms with Crippen LogP contribution in [-0.2, 0) is 11.2 Å². The number of halogens is 2. The molecule has 0 aromatic heterocycles. The van der Waals surface area contributed by atoms with Gasteiger partial charge in [-0.25, -0.2) is 0 Å². The second-order valence-electron chi connectivity index (χ2n) is 5.18. The molecular formula is C15H20Cl2N2O. The van der Waals surface area contributed by atoms with Crippen molar-refractivity contribution in [3.8, 4) is 0 Å². The molecule has 0 radical (unpaired) electrons. The van der Waals surface area contributed by atoms with Crippen molar-refractivity contribution in [3.05, 3.63) is 33.8 Å². The van der Waals surface area contributed by atoms with Gasteiger partial charge in [-0.3, -0.25) is 4.79 Å². The Morgan fingerprint density at radius 2 is 2.25 bits per heavy atom. The molecule has 2 rings (SSSR count). The summed E-state index contributed by atoms with van der Waals surface area (Å²) >= 11 is 12.1. The lowest BCUT2D eigenvalue weighted by Crippen LogP contribution is -2.47. The molecule has 0 saturated carbocycles. The van der Waals surface area contributed by atoms with Crippen LogP contribution in [0, 0.1) is 0 Å². The van der Waals surface area contributed by atoms with Gasteiger partial charge >= 0.3 is 0 Å². The number of aryl methyl sites for hydroxylation is 1. The molecule has 1 saturated heterocycles. The Labute approximate surface area is 130 Å². The number of likely N-dealkylation sites (N-methyl/N-ethyl adjacent to an activating group) is 1. The fraction of sp³-hybridized carbons (Fsp3) is 0.533. The SMILES string of the molecule is CN[C@@H]1CCCN(C(=O)CCc2cccc(Cl)c2Cl)C1. The summed E-state index contributed by atoms with van der Waals surface area (Å²) in [6.07, 6.45) is 3.32. The van der Waals surface area contributed by atoms with E-state index in [4.69, 9.17) is 23.2 Å². The molecule has 1 heterocycles. The molecule has 1 aliphatic rings. The molecule has 1 amide bonds. The molecule has 0 aliphatic carbocycles. The van der Waals surface area contributed by atoms with Crippen LogP contribution in [0.3, 0.4) is 0 Å². The van der Waals surface area contributed by atoms with E-state index < -0.39 is 0 Å². The Hall–Kier alpha value is -0.770. The van der Waals surface area contributed by atoms with Crippen LogP contribution in [0.5, 0.6) is 0 Å². The second-order valence-corrected chi connectivity index (χ2v) is 5.97. The molecule has 0 unspecified atom stereocenters. The first-order valence-corrected chi connectivity index (χ1v) is 7.75. The summed E-state index contributed by atoms with van der Waals surface area (Å²) < 4.78 is 0. The highest BCUT2D eigenvalue weighted by Crippen LogP contribution is 2.26. The fourth-order valence-electron chi connectivity index (χ4n) is 2.58. The first kappa shape index (κ1) is 15.6. The standard InChI is InChI=1S/C15H20Cl2N2O/c1-18-12-5-3-9-19(10-12)14(20)8-7-11-4-2-6-13(16)15(11)17/h2,4,6,12,18H,3,5,7-10H2,1H3/t12-/m1/s1. The summed E-state index contributed by atoms with van der Waals surface area (Å²) in [6.45, 7) is 1.67. The molecule has 1 atom stereocenters. The highest BCUT2D eigenvalue weighted by Gasteiger charge is 2.22. The van der Waals surface area contributed by atoms with Gasteiger partial charge in [-0.15, -0.1) is 0 Å². The lowest BCUT2D eigenvalue weighted by molar-refractivity contribution is -0.132. The predicted molar refractivity (Wildman–Crippen MR) is 83.4 cm³/mol.